The highest BCUT2D eigenvalue weighted by atomic mass is 33.5. The molecule has 100 valence electrons. The zero-order valence-corrected chi connectivity index (χ0v) is 12.5. The van der Waals surface area contributed by atoms with Crippen LogP contribution in [0.25, 0.3) is 0 Å². The van der Waals surface area contributed by atoms with Crippen LogP contribution in [0.4, 0.5) is 0 Å². The van der Waals surface area contributed by atoms with Gasteiger partial charge < -0.3 is 0 Å². The van der Waals surface area contributed by atoms with Crippen molar-refractivity contribution >= 4 is 35.6 Å². The van der Waals surface area contributed by atoms with Gasteiger partial charge in [0.25, 0.3) is 0 Å². The van der Waals surface area contributed by atoms with E-state index in [-0.39, 0.29) is 10.8 Å². The van der Waals surface area contributed by atoms with Crippen molar-refractivity contribution in [3.63, 3.8) is 0 Å². The number of benzene rings is 1. The molecule has 1 saturated heterocycles. The van der Waals surface area contributed by atoms with E-state index in [9.17, 15) is 13.2 Å². The Hall–Kier alpha value is -0.660. The summed E-state index contributed by atoms with van der Waals surface area (Å²) in [6.07, 6.45) is 1.13. The third-order valence-corrected chi connectivity index (χ3v) is 10.0. The number of carbonyl (C=O) groups is 1. The van der Waals surface area contributed by atoms with Crippen molar-refractivity contribution in [2.24, 2.45) is 0 Å². The Morgan fingerprint density at radius 2 is 1.89 bits per heavy atom. The molecule has 7 heteroatoms. The molecule has 0 spiro atoms. The lowest BCUT2D eigenvalue weighted by atomic mass is 10.2. The van der Waals surface area contributed by atoms with Crippen molar-refractivity contribution in [2.75, 3.05) is 6.54 Å². The van der Waals surface area contributed by atoms with Gasteiger partial charge in [0, 0.05) is 13.0 Å². The van der Waals surface area contributed by atoms with Crippen LogP contribution in [0.5, 0.6) is 0 Å². The largest absolute Gasteiger partial charge is 0.286 e. The fourth-order valence-electron chi connectivity index (χ4n) is 1.75. The minimum absolute atomic E-state index is 0.119. The maximum absolute atomic E-state index is 12.3. The molecule has 1 amide bonds. The SMILES string of the molecule is Cc1ccc(S(=O)(=O)[SH](S)N2CCCC2=O)cc1. The van der Waals surface area contributed by atoms with E-state index in [1.54, 1.807) is 24.3 Å². The van der Waals surface area contributed by atoms with Gasteiger partial charge in [-0.15, -0.1) is 11.7 Å². The molecule has 2 rings (SSSR count). The molecule has 18 heavy (non-hydrogen) atoms. The van der Waals surface area contributed by atoms with Gasteiger partial charge >= 0.3 is 0 Å². The molecule has 1 fully saturated rings. The molecule has 4 nitrogen and oxygen atoms in total. The number of carbonyl (C=O) groups excluding carboxylic acids is 1. The van der Waals surface area contributed by atoms with Crippen molar-refractivity contribution < 1.29 is 13.2 Å². The highest BCUT2D eigenvalue weighted by Crippen LogP contribution is 2.47. The summed E-state index contributed by atoms with van der Waals surface area (Å²) in [6, 6.07) is 6.62. The van der Waals surface area contributed by atoms with E-state index in [1.807, 2.05) is 6.92 Å². The van der Waals surface area contributed by atoms with Crippen LogP contribution in [0.1, 0.15) is 18.4 Å². The average Bonchev–Trinajstić information content (AvgIpc) is 2.75. The molecule has 1 aliphatic rings. The van der Waals surface area contributed by atoms with Crippen molar-refractivity contribution in [3.8, 4) is 0 Å². The summed E-state index contributed by atoms with van der Waals surface area (Å²) in [4.78, 5) is 11.8. The molecule has 1 unspecified atom stereocenters. The van der Waals surface area contributed by atoms with Crippen LogP contribution in [0.15, 0.2) is 29.2 Å². The van der Waals surface area contributed by atoms with E-state index in [1.165, 1.54) is 4.31 Å². The first-order valence-corrected chi connectivity index (χ1v) is 10.1. The first-order chi connectivity index (χ1) is 8.43. The van der Waals surface area contributed by atoms with Crippen LogP contribution in [-0.2, 0) is 13.7 Å². The minimum Gasteiger partial charge on any atom is -0.286 e. The Morgan fingerprint density at radius 1 is 1.28 bits per heavy atom. The first kappa shape index (κ1) is 13.8. The van der Waals surface area contributed by atoms with Crippen LogP contribution >= 0.6 is 20.8 Å². The highest BCUT2D eigenvalue weighted by molar-refractivity contribution is 9.10. The molecule has 1 heterocycles. The summed E-state index contributed by atoms with van der Waals surface area (Å²) in [5.74, 6) is -0.119. The van der Waals surface area contributed by atoms with Crippen LogP contribution in [0.3, 0.4) is 0 Å². The van der Waals surface area contributed by atoms with E-state index in [0.717, 1.165) is 5.56 Å². The number of thiol groups is 2. The predicted molar refractivity (Wildman–Crippen MR) is 77.3 cm³/mol. The third kappa shape index (κ3) is 2.53. The van der Waals surface area contributed by atoms with Gasteiger partial charge in [-0.1, -0.05) is 17.7 Å². The second-order valence-corrected chi connectivity index (χ2v) is 11.0. The molecule has 0 radical (unpaired) electrons. The summed E-state index contributed by atoms with van der Waals surface area (Å²) >= 11 is 4.18. The topological polar surface area (TPSA) is 54.5 Å². The lowest BCUT2D eigenvalue weighted by Crippen LogP contribution is -2.22. The van der Waals surface area contributed by atoms with Gasteiger partial charge in [0.1, 0.15) is 0 Å². The summed E-state index contributed by atoms with van der Waals surface area (Å²) < 4.78 is 26.1. The smallest absolute Gasteiger partial charge is 0.234 e. The predicted octanol–water partition coefficient (Wildman–Crippen LogP) is 2.07. The zero-order valence-electron chi connectivity index (χ0n) is 9.91. The normalized spacial score (nSPS) is 19.1. The van der Waals surface area contributed by atoms with Crippen LogP contribution < -0.4 is 0 Å². The maximum Gasteiger partial charge on any atom is 0.234 e. The molecule has 0 bridgehead atoms. The van der Waals surface area contributed by atoms with E-state index in [4.69, 9.17) is 0 Å². The first-order valence-electron chi connectivity index (χ1n) is 5.54. The van der Waals surface area contributed by atoms with E-state index in [0.29, 0.717) is 19.4 Å². The fourth-order valence-corrected chi connectivity index (χ4v) is 6.92. The number of rotatable bonds is 3. The summed E-state index contributed by atoms with van der Waals surface area (Å²) in [6.45, 7) is 2.38. The molecule has 0 aromatic heterocycles. The summed E-state index contributed by atoms with van der Waals surface area (Å²) in [7, 11) is -5.34. The Labute approximate surface area is 114 Å². The highest BCUT2D eigenvalue weighted by Gasteiger charge is 2.32. The molecule has 1 aliphatic heterocycles. The Morgan fingerprint density at radius 3 is 2.39 bits per heavy atom. The number of hydrogen-bond acceptors (Lipinski definition) is 4. The Bertz CT molecular complexity index is 553. The van der Waals surface area contributed by atoms with E-state index >= 15 is 0 Å². The van der Waals surface area contributed by atoms with E-state index < -0.39 is 18.0 Å². The molecule has 1 aromatic rings. The lowest BCUT2D eigenvalue weighted by Gasteiger charge is -2.26. The number of nitrogens with zero attached hydrogens (tertiary/aromatic N) is 1. The number of amides is 1. The van der Waals surface area contributed by atoms with Crippen LogP contribution in [0, 0.1) is 6.92 Å². The molecule has 0 saturated carbocycles. The Balaban J connectivity index is 2.30. The zero-order chi connectivity index (χ0) is 13.3. The van der Waals surface area contributed by atoms with Crippen LogP contribution in [-0.4, -0.2) is 25.2 Å². The van der Waals surface area contributed by atoms with Gasteiger partial charge in [-0.25, -0.2) is 8.42 Å². The van der Waals surface area contributed by atoms with Gasteiger partial charge in [-0.2, -0.15) is 0 Å². The summed E-state index contributed by atoms with van der Waals surface area (Å²) in [5.41, 5.74) is 0.995. The summed E-state index contributed by atoms with van der Waals surface area (Å²) in [5, 5.41) is 0. The van der Waals surface area contributed by atoms with Crippen molar-refractivity contribution in [3.05, 3.63) is 29.8 Å². The van der Waals surface area contributed by atoms with Gasteiger partial charge in [-0.3, -0.25) is 9.10 Å². The van der Waals surface area contributed by atoms with Crippen molar-refractivity contribution in [1.29, 1.82) is 0 Å². The van der Waals surface area contributed by atoms with Gasteiger partial charge in [0.15, 0.2) is 0 Å². The second-order valence-electron chi connectivity index (χ2n) is 4.16. The van der Waals surface area contributed by atoms with Gasteiger partial charge in [-0.05, 0) is 34.6 Å². The van der Waals surface area contributed by atoms with Gasteiger partial charge in [0.05, 0.1) is 4.90 Å². The Kier molecular flexibility index (Phi) is 3.93. The molecule has 0 aliphatic carbocycles. The molecule has 1 aromatic carbocycles. The van der Waals surface area contributed by atoms with Crippen molar-refractivity contribution in [1.82, 2.24) is 4.31 Å². The molecule has 1 atom stereocenters. The second kappa shape index (κ2) is 5.14. The number of aryl methyl sites for hydroxylation is 1. The van der Waals surface area contributed by atoms with Crippen molar-refractivity contribution in [2.45, 2.75) is 24.7 Å². The average molecular weight is 305 g/mol. The quantitative estimate of drug-likeness (QED) is 0.664. The third-order valence-electron chi connectivity index (χ3n) is 2.79. The maximum atomic E-state index is 12.3. The van der Waals surface area contributed by atoms with Crippen LogP contribution in [0.2, 0.25) is 0 Å². The lowest BCUT2D eigenvalue weighted by molar-refractivity contribution is -0.123. The molecular formula is C11H15NO3S3. The number of hydrogen-bond donors (Lipinski definition) is 2. The molecular weight excluding hydrogens is 290 g/mol. The fraction of sp³-hybridized carbons (Fsp3) is 0.364. The van der Waals surface area contributed by atoms with Gasteiger partial charge in [0.2, 0.25) is 14.8 Å². The standard InChI is InChI=1S/C11H15NO3S3/c1-9-4-6-10(7-5-9)18(14,15)17(16)12-8-2-3-11(12)13/h4-7,16-17H,2-3,8H2,1H3. The van der Waals surface area contributed by atoms with E-state index in [2.05, 4.69) is 11.7 Å². The monoisotopic (exact) mass is 305 g/mol. The molecule has 0 N–H and O–H groups in total. The minimum atomic E-state index is -3.54.